The first kappa shape index (κ1) is 33.0. The third-order valence-corrected chi connectivity index (χ3v) is 3.65. The van der Waals surface area contributed by atoms with Gasteiger partial charge in [0, 0.05) is 6.42 Å². The SMILES string of the molecule is CC(C)C[C@@H](C(N)=O)C(=O)C(N)(N)Cc1ccccc1.O=C(O)C(F)(F)F.O=C(O)C(F)(F)F. The van der Waals surface area contributed by atoms with Crippen molar-refractivity contribution in [1.29, 1.82) is 0 Å². The number of carbonyl (C=O) groups is 4. The van der Waals surface area contributed by atoms with E-state index in [0.717, 1.165) is 5.56 Å². The van der Waals surface area contributed by atoms with Crippen LogP contribution in [0.5, 0.6) is 0 Å². The van der Waals surface area contributed by atoms with Crippen molar-refractivity contribution in [1.82, 2.24) is 0 Å². The predicted octanol–water partition coefficient (Wildman–Crippen LogP) is 1.83. The molecule has 0 aliphatic carbocycles. The number of nitrogens with two attached hydrogens (primary N) is 3. The highest BCUT2D eigenvalue weighted by Gasteiger charge is 2.39. The molecule has 194 valence electrons. The fourth-order valence-electron chi connectivity index (χ4n) is 2.17. The number of halogens is 6. The van der Waals surface area contributed by atoms with E-state index in [-0.39, 0.29) is 12.3 Å². The molecule has 0 saturated carbocycles. The fourth-order valence-corrected chi connectivity index (χ4v) is 2.17. The molecule has 1 atom stereocenters. The summed E-state index contributed by atoms with van der Waals surface area (Å²) in [5, 5.41) is 14.2. The summed E-state index contributed by atoms with van der Waals surface area (Å²) in [6.07, 6.45) is -9.63. The molecule has 0 spiro atoms. The Balaban J connectivity index is 0. The molecule has 9 nitrogen and oxygen atoms in total. The molecule has 0 radical (unpaired) electrons. The van der Waals surface area contributed by atoms with E-state index in [1.54, 1.807) is 0 Å². The summed E-state index contributed by atoms with van der Waals surface area (Å²) in [6, 6.07) is 9.23. The van der Waals surface area contributed by atoms with E-state index in [2.05, 4.69) is 0 Å². The van der Waals surface area contributed by atoms with Crippen LogP contribution in [0, 0.1) is 11.8 Å². The van der Waals surface area contributed by atoms with Crippen molar-refractivity contribution in [2.75, 3.05) is 0 Å². The highest BCUT2D eigenvalue weighted by Crippen LogP contribution is 2.18. The van der Waals surface area contributed by atoms with Crippen LogP contribution >= 0.6 is 0 Å². The lowest BCUT2D eigenvalue weighted by atomic mass is 9.84. The van der Waals surface area contributed by atoms with Crippen LogP contribution in [0.4, 0.5) is 26.3 Å². The number of benzene rings is 1. The van der Waals surface area contributed by atoms with E-state index in [1.165, 1.54) is 0 Å². The Kier molecular flexibility index (Phi) is 13.1. The summed E-state index contributed by atoms with van der Waals surface area (Å²) in [6.45, 7) is 3.82. The first-order chi connectivity index (χ1) is 15.1. The number of rotatable bonds is 7. The number of carboxylic acids is 2. The Morgan fingerprint density at radius 2 is 1.21 bits per heavy atom. The van der Waals surface area contributed by atoms with Gasteiger partial charge >= 0.3 is 24.3 Å². The highest BCUT2D eigenvalue weighted by atomic mass is 19.4. The number of carboxylic acid groups (broad SMARTS) is 2. The largest absolute Gasteiger partial charge is 0.490 e. The van der Waals surface area contributed by atoms with Crippen molar-refractivity contribution < 1.29 is 55.7 Å². The normalized spacial score (nSPS) is 12.4. The Morgan fingerprint density at radius 1 is 0.853 bits per heavy atom. The van der Waals surface area contributed by atoms with Gasteiger partial charge < -0.3 is 27.4 Å². The minimum atomic E-state index is -5.08. The van der Waals surface area contributed by atoms with Gasteiger partial charge in [0.05, 0.1) is 5.92 Å². The van der Waals surface area contributed by atoms with Crippen LogP contribution in [0.3, 0.4) is 0 Å². The molecular weight excluding hydrogens is 480 g/mol. The van der Waals surface area contributed by atoms with E-state index in [4.69, 9.17) is 37.0 Å². The monoisotopic (exact) mass is 505 g/mol. The first-order valence-electron chi connectivity index (χ1n) is 9.18. The highest BCUT2D eigenvalue weighted by molar-refractivity contribution is 6.05. The molecule has 0 aliphatic rings. The number of carbonyl (C=O) groups excluding carboxylic acids is 2. The maximum atomic E-state index is 12.4. The van der Waals surface area contributed by atoms with Crippen molar-refractivity contribution in [3.63, 3.8) is 0 Å². The standard InChI is InChI=1S/C15H23N3O2.2C2HF3O2/c1-10(2)8-12(14(16)20)13(19)15(17,18)9-11-6-4-3-5-7-11;2*3-2(4,5)1(6)7/h3-7,10,12H,8-9,17-18H2,1-2H3,(H2,16,20);2*(H,6,7)/t12-;;/m1../s1. The molecular formula is C19H25F6N3O6. The smallest absolute Gasteiger partial charge is 0.475 e. The Bertz CT molecular complexity index is 802. The Labute approximate surface area is 189 Å². The number of primary amides is 1. The van der Waals surface area contributed by atoms with E-state index >= 15 is 0 Å². The quantitative estimate of drug-likeness (QED) is 0.211. The molecule has 0 aromatic heterocycles. The average molecular weight is 505 g/mol. The predicted molar refractivity (Wildman–Crippen MR) is 106 cm³/mol. The van der Waals surface area contributed by atoms with Crippen LogP contribution in [-0.4, -0.2) is 51.9 Å². The van der Waals surface area contributed by atoms with Gasteiger partial charge in [-0.05, 0) is 17.9 Å². The molecule has 8 N–H and O–H groups in total. The second-order valence-corrected chi connectivity index (χ2v) is 7.26. The van der Waals surface area contributed by atoms with Gasteiger partial charge in [0.25, 0.3) is 0 Å². The molecule has 0 saturated heterocycles. The molecule has 1 rings (SSSR count). The average Bonchev–Trinajstić information content (AvgIpc) is 2.65. The molecule has 1 amide bonds. The number of alkyl halides is 6. The van der Waals surface area contributed by atoms with Gasteiger partial charge in [0.1, 0.15) is 5.66 Å². The van der Waals surface area contributed by atoms with Gasteiger partial charge in [-0.3, -0.25) is 9.59 Å². The summed E-state index contributed by atoms with van der Waals surface area (Å²) >= 11 is 0. The van der Waals surface area contributed by atoms with Gasteiger partial charge in [-0.1, -0.05) is 44.2 Å². The molecule has 1 aromatic rings. The maximum absolute atomic E-state index is 12.4. The number of amides is 1. The molecule has 15 heteroatoms. The van der Waals surface area contributed by atoms with Crippen molar-refractivity contribution >= 4 is 23.6 Å². The van der Waals surface area contributed by atoms with Crippen LogP contribution in [0.25, 0.3) is 0 Å². The topological polar surface area (TPSA) is 187 Å². The molecule has 0 bridgehead atoms. The molecule has 0 heterocycles. The summed E-state index contributed by atoms with van der Waals surface area (Å²) in [4.78, 5) is 41.7. The summed E-state index contributed by atoms with van der Waals surface area (Å²) in [5.74, 6) is -7.46. The van der Waals surface area contributed by atoms with Gasteiger partial charge in [0.2, 0.25) is 5.91 Å². The third-order valence-electron chi connectivity index (χ3n) is 3.65. The second kappa shape index (κ2) is 13.5. The first-order valence-corrected chi connectivity index (χ1v) is 9.18. The van der Waals surface area contributed by atoms with Crippen molar-refractivity contribution in [3.05, 3.63) is 35.9 Å². The molecule has 0 unspecified atom stereocenters. The fraction of sp³-hybridized carbons (Fsp3) is 0.474. The summed E-state index contributed by atoms with van der Waals surface area (Å²) < 4.78 is 63.5. The van der Waals surface area contributed by atoms with Crippen LogP contribution in [0.15, 0.2) is 30.3 Å². The van der Waals surface area contributed by atoms with Crippen LogP contribution in [0.1, 0.15) is 25.8 Å². The van der Waals surface area contributed by atoms with Crippen LogP contribution in [-0.2, 0) is 25.6 Å². The minimum absolute atomic E-state index is 0.156. The molecule has 0 fully saturated rings. The summed E-state index contributed by atoms with van der Waals surface area (Å²) in [7, 11) is 0. The van der Waals surface area contributed by atoms with Gasteiger partial charge in [0.15, 0.2) is 5.78 Å². The zero-order valence-electron chi connectivity index (χ0n) is 18.0. The second-order valence-electron chi connectivity index (χ2n) is 7.26. The van der Waals surface area contributed by atoms with Gasteiger partial charge in [-0.15, -0.1) is 0 Å². The minimum Gasteiger partial charge on any atom is -0.475 e. The van der Waals surface area contributed by atoms with Crippen molar-refractivity contribution in [2.45, 2.75) is 44.7 Å². The van der Waals surface area contributed by atoms with Crippen molar-refractivity contribution in [3.8, 4) is 0 Å². The van der Waals surface area contributed by atoms with Crippen LogP contribution in [0.2, 0.25) is 0 Å². The molecule has 0 aliphatic heterocycles. The number of hydrogen-bond donors (Lipinski definition) is 5. The Morgan fingerprint density at radius 3 is 1.47 bits per heavy atom. The Hall–Kier alpha value is -3.20. The number of hydrogen-bond acceptors (Lipinski definition) is 6. The maximum Gasteiger partial charge on any atom is 0.490 e. The van der Waals surface area contributed by atoms with E-state index < -0.39 is 47.6 Å². The van der Waals surface area contributed by atoms with Crippen molar-refractivity contribution in [2.24, 2.45) is 29.0 Å². The number of Topliss-reactive ketones (excluding diaryl/α,β-unsaturated/α-hetero) is 1. The van der Waals surface area contributed by atoms with Gasteiger partial charge in [-0.2, -0.15) is 26.3 Å². The lowest BCUT2D eigenvalue weighted by Crippen LogP contribution is -2.61. The zero-order chi connectivity index (χ0) is 27.5. The van der Waals surface area contributed by atoms with Gasteiger partial charge in [-0.25, -0.2) is 9.59 Å². The van der Waals surface area contributed by atoms with E-state index in [0.29, 0.717) is 6.42 Å². The zero-order valence-corrected chi connectivity index (χ0v) is 18.0. The third kappa shape index (κ3) is 14.1. The molecule has 34 heavy (non-hydrogen) atoms. The number of aliphatic carboxylic acids is 2. The number of ketones is 1. The summed E-state index contributed by atoms with van der Waals surface area (Å²) in [5.41, 5.74) is 16.4. The lowest BCUT2D eigenvalue weighted by molar-refractivity contribution is -0.193. The van der Waals surface area contributed by atoms with E-state index in [1.807, 2.05) is 44.2 Å². The van der Waals surface area contributed by atoms with Crippen LogP contribution < -0.4 is 17.2 Å². The van der Waals surface area contributed by atoms with E-state index in [9.17, 15) is 35.9 Å². The molecule has 1 aromatic carbocycles. The lowest BCUT2D eigenvalue weighted by Gasteiger charge is -2.27.